The smallest absolute Gasteiger partial charge is 0.229 e. The Morgan fingerprint density at radius 1 is 1.36 bits per heavy atom. The second kappa shape index (κ2) is 8.36. The largest absolute Gasteiger partial charge is 0.326 e. The van der Waals surface area contributed by atoms with Crippen molar-refractivity contribution >= 4 is 39.7 Å². The first-order chi connectivity index (χ1) is 9.92. The molecule has 0 aliphatic carbocycles. The van der Waals surface area contributed by atoms with E-state index in [2.05, 4.69) is 15.4 Å². The third-order valence-electron chi connectivity index (χ3n) is 3.39. The molecule has 0 saturated carbocycles. The molecule has 0 radical (unpaired) electrons. The summed E-state index contributed by atoms with van der Waals surface area (Å²) in [5.41, 5.74) is 1.04. The van der Waals surface area contributed by atoms with Gasteiger partial charge in [-0.2, -0.15) is 0 Å². The van der Waals surface area contributed by atoms with Crippen molar-refractivity contribution in [2.24, 2.45) is 5.92 Å². The monoisotopic (exact) mass is 347 g/mol. The van der Waals surface area contributed by atoms with Crippen LogP contribution >= 0.6 is 12.4 Å². The maximum atomic E-state index is 11.9. The molecule has 0 bridgehead atoms. The minimum absolute atomic E-state index is 0. The number of rotatable bonds is 6. The van der Waals surface area contributed by atoms with E-state index in [0.29, 0.717) is 23.7 Å². The number of anilines is 2. The third-order valence-corrected chi connectivity index (χ3v) is 4.00. The quantitative estimate of drug-likeness (QED) is 0.732. The molecule has 1 heterocycles. The van der Waals surface area contributed by atoms with Gasteiger partial charge >= 0.3 is 0 Å². The predicted molar refractivity (Wildman–Crippen MR) is 91.0 cm³/mol. The Hall–Kier alpha value is -1.31. The van der Waals surface area contributed by atoms with Crippen molar-refractivity contribution in [2.75, 3.05) is 29.4 Å². The van der Waals surface area contributed by atoms with Gasteiger partial charge in [0.05, 0.1) is 11.9 Å². The summed E-state index contributed by atoms with van der Waals surface area (Å²) in [5.74, 6) is 0.535. The van der Waals surface area contributed by atoms with E-state index in [-0.39, 0.29) is 18.3 Å². The van der Waals surface area contributed by atoms with Gasteiger partial charge in [-0.05, 0) is 50.0 Å². The fourth-order valence-corrected chi connectivity index (χ4v) is 2.95. The topological polar surface area (TPSA) is 87.3 Å². The summed E-state index contributed by atoms with van der Waals surface area (Å²) in [5, 5.41) is 6.08. The van der Waals surface area contributed by atoms with Crippen LogP contribution in [0.3, 0.4) is 0 Å². The molecule has 22 heavy (non-hydrogen) atoms. The molecule has 6 nitrogen and oxygen atoms in total. The highest BCUT2D eigenvalue weighted by atomic mass is 35.5. The molecule has 1 saturated heterocycles. The van der Waals surface area contributed by atoms with Crippen LogP contribution in [0.15, 0.2) is 24.3 Å². The molecule has 2 rings (SSSR count). The lowest BCUT2D eigenvalue weighted by atomic mass is 10.0. The summed E-state index contributed by atoms with van der Waals surface area (Å²) in [6.45, 7) is 2.02. The van der Waals surface area contributed by atoms with E-state index in [0.717, 1.165) is 32.2 Å². The van der Waals surface area contributed by atoms with Crippen LogP contribution in [-0.2, 0) is 14.8 Å². The van der Waals surface area contributed by atoms with Gasteiger partial charge < -0.3 is 10.6 Å². The predicted octanol–water partition coefficient (Wildman–Crippen LogP) is 1.81. The number of carbonyl (C=O) groups is 1. The summed E-state index contributed by atoms with van der Waals surface area (Å²) < 4.78 is 24.7. The molecule has 1 unspecified atom stereocenters. The van der Waals surface area contributed by atoms with Crippen molar-refractivity contribution < 1.29 is 13.2 Å². The summed E-state index contributed by atoms with van der Waals surface area (Å²) in [6, 6.07) is 6.68. The fraction of sp³-hybridized carbons (Fsp3) is 0.500. The van der Waals surface area contributed by atoms with Gasteiger partial charge in [0.2, 0.25) is 15.9 Å². The van der Waals surface area contributed by atoms with Crippen molar-refractivity contribution in [3.63, 3.8) is 0 Å². The van der Waals surface area contributed by atoms with Crippen LogP contribution in [0.4, 0.5) is 11.4 Å². The molecule has 1 aromatic rings. The normalized spacial score (nSPS) is 17.6. The van der Waals surface area contributed by atoms with E-state index in [1.54, 1.807) is 24.3 Å². The summed E-state index contributed by atoms with van der Waals surface area (Å²) in [7, 11) is -3.31. The van der Waals surface area contributed by atoms with Gasteiger partial charge in [0.25, 0.3) is 0 Å². The summed E-state index contributed by atoms with van der Waals surface area (Å²) in [4.78, 5) is 11.9. The van der Waals surface area contributed by atoms with E-state index < -0.39 is 10.0 Å². The van der Waals surface area contributed by atoms with Gasteiger partial charge in [-0.15, -0.1) is 12.4 Å². The van der Waals surface area contributed by atoms with Gasteiger partial charge in [0.15, 0.2) is 0 Å². The molecule has 0 spiro atoms. The van der Waals surface area contributed by atoms with Crippen LogP contribution in [0.5, 0.6) is 0 Å². The molecule has 1 aliphatic rings. The maximum absolute atomic E-state index is 11.9. The molecule has 3 N–H and O–H groups in total. The number of nitrogens with one attached hydrogen (secondary N) is 3. The second-order valence-corrected chi connectivity index (χ2v) is 7.15. The van der Waals surface area contributed by atoms with E-state index in [4.69, 9.17) is 0 Å². The van der Waals surface area contributed by atoms with Crippen LogP contribution in [-0.4, -0.2) is 33.7 Å². The van der Waals surface area contributed by atoms with Crippen molar-refractivity contribution in [3.8, 4) is 0 Å². The van der Waals surface area contributed by atoms with Crippen molar-refractivity contribution in [1.29, 1.82) is 0 Å². The molecule has 0 aromatic heterocycles. The lowest BCUT2D eigenvalue weighted by Gasteiger charge is -2.10. The van der Waals surface area contributed by atoms with Crippen molar-refractivity contribution in [1.82, 2.24) is 5.32 Å². The third kappa shape index (κ3) is 6.64. The van der Waals surface area contributed by atoms with Gasteiger partial charge in [-0.1, -0.05) is 6.07 Å². The summed E-state index contributed by atoms with van der Waals surface area (Å²) in [6.07, 6.45) is 3.57. The molecule has 1 amide bonds. The lowest BCUT2D eigenvalue weighted by Crippen LogP contribution is -2.15. The van der Waals surface area contributed by atoms with Crippen molar-refractivity contribution in [3.05, 3.63) is 24.3 Å². The Morgan fingerprint density at radius 2 is 2.09 bits per heavy atom. The zero-order valence-corrected chi connectivity index (χ0v) is 14.1. The van der Waals surface area contributed by atoms with E-state index in [9.17, 15) is 13.2 Å². The minimum atomic E-state index is -3.31. The molecule has 1 aromatic carbocycles. The molecule has 1 aliphatic heterocycles. The second-order valence-electron chi connectivity index (χ2n) is 5.40. The SMILES string of the molecule is CS(=O)(=O)Nc1cccc(NC(=O)CCC2CCNC2)c1.Cl. The number of halogens is 1. The summed E-state index contributed by atoms with van der Waals surface area (Å²) >= 11 is 0. The van der Waals surface area contributed by atoms with Crippen LogP contribution in [0, 0.1) is 5.92 Å². The molecular formula is C14H22ClN3O3S. The zero-order valence-electron chi connectivity index (χ0n) is 12.5. The minimum Gasteiger partial charge on any atom is -0.326 e. The Kier molecular flexibility index (Phi) is 7.12. The highest BCUT2D eigenvalue weighted by molar-refractivity contribution is 7.92. The fourth-order valence-electron chi connectivity index (χ4n) is 2.39. The number of carbonyl (C=O) groups excluding carboxylic acids is 1. The Balaban J connectivity index is 0.00000242. The first kappa shape index (κ1) is 18.7. The molecule has 8 heteroatoms. The number of sulfonamides is 1. The zero-order chi connectivity index (χ0) is 15.3. The van der Waals surface area contributed by atoms with Gasteiger partial charge in [-0.25, -0.2) is 8.42 Å². The van der Waals surface area contributed by atoms with Crippen LogP contribution < -0.4 is 15.4 Å². The Bertz CT molecular complexity index is 601. The Morgan fingerprint density at radius 3 is 2.73 bits per heavy atom. The highest BCUT2D eigenvalue weighted by Gasteiger charge is 2.15. The number of amides is 1. The molecule has 1 atom stereocenters. The number of hydrogen-bond donors (Lipinski definition) is 3. The lowest BCUT2D eigenvalue weighted by molar-refractivity contribution is -0.116. The van der Waals surface area contributed by atoms with Crippen LogP contribution in [0.1, 0.15) is 19.3 Å². The average molecular weight is 348 g/mol. The first-order valence-electron chi connectivity index (χ1n) is 7.01. The maximum Gasteiger partial charge on any atom is 0.229 e. The van der Waals surface area contributed by atoms with E-state index in [1.807, 2.05) is 0 Å². The highest BCUT2D eigenvalue weighted by Crippen LogP contribution is 2.18. The first-order valence-corrected chi connectivity index (χ1v) is 8.90. The number of hydrogen-bond acceptors (Lipinski definition) is 4. The Labute approximate surface area is 137 Å². The van der Waals surface area contributed by atoms with Gasteiger partial charge in [0, 0.05) is 12.1 Å². The van der Waals surface area contributed by atoms with Crippen LogP contribution in [0.2, 0.25) is 0 Å². The van der Waals surface area contributed by atoms with E-state index >= 15 is 0 Å². The molecular weight excluding hydrogens is 326 g/mol. The van der Waals surface area contributed by atoms with Gasteiger partial charge in [0.1, 0.15) is 0 Å². The van der Waals surface area contributed by atoms with Crippen molar-refractivity contribution in [2.45, 2.75) is 19.3 Å². The van der Waals surface area contributed by atoms with E-state index in [1.165, 1.54) is 0 Å². The average Bonchev–Trinajstić information content (AvgIpc) is 2.87. The van der Waals surface area contributed by atoms with Crippen LogP contribution in [0.25, 0.3) is 0 Å². The van der Waals surface area contributed by atoms with Gasteiger partial charge in [-0.3, -0.25) is 9.52 Å². The standard InChI is InChI=1S/C14H21N3O3S.ClH/c1-21(19,20)17-13-4-2-3-12(9-13)16-14(18)6-5-11-7-8-15-10-11;/h2-4,9,11,15,17H,5-8,10H2,1H3,(H,16,18);1H. The molecule has 124 valence electrons. The molecule has 1 fully saturated rings. The number of benzene rings is 1.